The summed E-state index contributed by atoms with van der Waals surface area (Å²) in [4.78, 5) is 10.5. The van der Waals surface area contributed by atoms with Crippen LogP contribution in [-0.4, -0.2) is 36.7 Å². The number of tetrazole rings is 1. The van der Waals surface area contributed by atoms with Crippen LogP contribution in [0.2, 0.25) is 0 Å². The predicted molar refractivity (Wildman–Crippen MR) is 177 cm³/mol. The van der Waals surface area contributed by atoms with E-state index in [9.17, 15) is 26.3 Å². The third-order valence-electron chi connectivity index (χ3n) is 9.47. The highest BCUT2D eigenvalue weighted by atomic mass is 19.4. The van der Waals surface area contributed by atoms with E-state index in [1.165, 1.54) is 42.8 Å². The van der Waals surface area contributed by atoms with Gasteiger partial charge in [-0.3, -0.25) is 9.97 Å². The highest BCUT2D eigenvalue weighted by Gasteiger charge is 2.43. The molecule has 2 aromatic carbocycles. The molecule has 0 saturated heterocycles. The first-order valence-electron chi connectivity index (χ1n) is 16.5. The van der Waals surface area contributed by atoms with Gasteiger partial charge in [0.2, 0.25) is 0 Å². The van der Waals surface area contributed by atoms with Crippen molar-refractivity contribution in [2.45, 2.75) is 69.6 Å². The number of anilines is 2. The molecule has 53 heavy (non-hydrogen) atoms. The van der Waals surface area contributed by atoms with Gasteiger partial charge in [0.15, 0.2) is 0 Å². The van der Waals surface area contributed by atoms with Crippen molar-refractivity contribution in [1.82, 2.24) is 30.2 Å². The maximum absolute atomic E-state index is 15.5. The number of hydrogen-bond acceptors (Lipinski definition) is 7. The van der Waals surface area contributed by atoms with Gasteiger partial charge in [-0.25, -0.2) is 0 Å². The molecule has 5 aromatic rings. The quantitative estimate of drug-likeness (QED) is 0.158. The zero-order chi connectivity index (χ0) is 38.3. The minimum absolute atomic E-state index is 0.0392. The van der Waals surface area contributed by atoms with Crippen molar-refractivity contribution in [1.29, 1.82) is 0 Å². The van der Waals surface area contributed by atoms with Gasteiger partial charge in [-0.05, 0) is 93.9 Å². The average Bonchev–Trinajstić information content (AvgIpc) is 3.43. The lowest BCUT2D eigenvalue weighted by molar-refractivity contribution is -0.143. The molecule has 0 fully saturated rings. The van der Waals surface area contributed by atoms with Crippen LogP contribution in [0, 0.1) is 0 Å². The van der Waals surface area contributed by atoms with Crippen LogP contribution in [0.15, 0.2) is 73.3 Å². The summed E-state index contributed by atoms with van der Waals surface area (Å²) in [6.45, 7) is 2.94. The highest BCUT2D eigenvalue weighted by Crippen LogP contribution is 2.51. The third kappa shape index (κ3) is 7.93. The zero-order valence-electron chi connectivity index (χ0n) is 28.5. The van der Waals surface area contributed by atoms with Crippen LogP contribution >= 0.6 is 0 Å². The van der Waals surface area contributed by atoms with E-state index in [1.807, 2.05) is 0 Å². The van der Waals surface area contributed by atoms with Gasteiger partial charge in [-0.15, -0.1) is 5.10 Å². The number of pyridine rings is 2. The first kappa shape index (κ1) is 37.5. The maximum Gasteiger partial charge on any atom is 0.417 e. The molecule has 0 radical (unpaired) electrons. The normalized spacial score (nSPS) is 16.3. The summed E-state index contributed by atoms with van der Waals surface area (Å²) >= 11 is 0. The highest BCUT2D eigenvalue weighted by molar-refractivity contribution is 5.69. The minimum atomic E-state index is -5.10. The van der Waals surface area contributed by atoms with Crippen LogP contribution in [0.5, 0.6) is 0 Å². The lowest BCUT2D eigenvalue weighted by Crippen LogP contribution is -2.31. The molecule has 1 aliphatic heterocycles. The zero-order valence-corrected chi connectivity index (χ0v) is 28.5. The number of fused-ring (bicyclic) bond motifs is 1. The Balaban J connectivity index is 1.63. The van der Waals surface area contributed by atoms with Gasteiger partial charge in [0.05, 0.1) is 29.8 Å². The molecule has 3 aromatic heterocycles. The van der Waals surface area contributed by atoms with E-state index in [-0.39, 0.29) is 47.4 Å². The van der Waals surface area contributed by atoms with Crippen LogP contribution in [0.3, 0.4) is 0 Å². The Kier molecular flexibility index (Phi) is 10.1. The Morgan fingerprint density at radius 3 is 1.87 bits per heavy atom. The Bertz CT molecular complexity index is 2010. The van der Waals surface area contributed by atoms with Crippen molar-refractivity contribution in [2.75, 3.05) is 16.8 Å². The van der Waals surface area contributed by atoms with E-state index in [0.717, 1.165) is 4.80 Å². The number of nitrogens with zero attached hydrogens (tertiary/aromatic N) is 7. The molecule has 17 heteroatoms. The summed E-state index contributed by atoms with van der Waals surface area (Å²) in [5, 5.41) is 15.4. The summed E-state index contributed by atoms with van der Waals surface area (Å²) in [7, 11) is 1.43. The van der Waals surface area contributed by atoms with E-state index in [1.54, 1.807) is 38.1 Å². The largest absolute Gasteiger partial charge is 0.417 e. The number of halogens is 9. The van der Waals surface area contributed by atoms with E-state index < -0.39 is 59.6 Å². The fraction of sp³-hybridized carbons (Fsp3) is 0.361. The molecule has 280 valence electrons. The fourth-order valence-corrected chi connectivity index (χ4v) is 6.95. The number of aryl methyl sites for hydroxylation is 1. The molecule has 1 aliphatic rings. The second-order valence-corrected chi connectivity index (χ2v) is 12.9. The van der Waals surface area contributed by atoms with Crippen LogP contribution in [0.25, 0.3) is 0 Å². The summed E-state index contributed by atoms with van der Waals surface area (Å²) in [6.07, 6.45) is -8.56. The molecule has 0 bridgehead atoms. The van der Waals surface area contributed by atoms with Crippen molar-refractivity contribution < 1.29 is 39.5 Å². The smallest absolute Gasteiger partial charge is 0.385 e. The summed E-state index contributed by atoms with van der Waals surface area (Å²) in [5.41, 5.74) is -2.77. The average molecular weight is 749 g/mol. The molecule has 0 aliphatic carbocycles. The van der Waals surface area contributed by atoms with Crippen molar-refractivity contribution in [3.63, 3.8) is 0 Å². The lowest BCUT2D eigenvalue weighted by atomic mass is 9.78. The second kappa shape index (κ2) is 14.3. The van der Waals surface area contributed by atoms with Crippen molar-refractivity contribution >= 4 is 11.6 Å². The minimum Gasteiger partial charge on any atom is -0.385 e. The SMILES string of the molecule is CC(c1ccncc1)c1cc2c(c(C(C)c3ccncc3)c1C(F)(F)F)NCCCC2N(Cc1cc(C(F)(F)F)cc(C(F)(F)F)c1)c1nnn(C)n1. The number of nitrogens with one attached hydrogen (secondary N) is 1. The number of hydrogen-bond donors (Lipinski definition) is 1. The molecule has 0 saturated carbocycles. The van der Waals surface area contributed by atoms with Crippen molar-refractivity contribution in [3.8, 4) is 0 Å². The summed E-state index contributed by atoms with van der Waals surface area (Å²) in [5.74, 6) is -1.81. The fourth-order valence-electron chi connectivity index (χ4n) is 6.95. The molecule has 6 rings (SSSR count). The number of benzene rings is 2. The number of alkyl halides is 9. The monoisotopic (exact) mass is 748 g/mol. The lowest BCUT2D eigenvalue weighted by Gasteiger charge is -2.35. The number of rotatable bonds is 8. The van der Waals surface area contributed by atoms with Crippen molar-refractivity contribution in [3.05, 3.63) is 123 Å². The Hall–Kier alpha value is -5.22. The van der Waals surface area contributed by atoms with Gasteiger partial charge < -0.3 is 10.2 Å². The predicted octanol–water partition coefficient (Wildman–Crippen LogP) is 9.31. The summed E-state index contributed by atoms with van der Waals surface area (Å²) in [6, 6.07) is 8.24. The Morgan fingerprint density at radius 1 is 0.792 bits per heavy atom. The van der Waals surface area contributed by atoms with Crippen LogP contribution in [0.4, 0.5) is 51.1 Å². The molecular formula is C36H33F9N8. The summed E-state index contributed by atoms with van der Waals surface area (Å²) < 4.78 is 130. The third-order valence-corrected chi connectivity index (χ3v) is 9.47. The van der Waals surface area contributed by atoms with Crippen molar-refractivity contribution in [2.24, 2.45) is 7.05 Å². The topological polar surface area (TPSA) is 84.7 Å². The van der Waals surface area contributed by atoms with Crippen LogP contribution < -0.4 is 10.2 Å². The Morgan fingerprint density at radius 2 is 1.36 bits per heavy atom. The van der Waals surface area contributed by atoms with E-state index in [2.05, 4.69) is 30.7 Å². The van der Waals surface area contributed by atoms with E-state index in [0.29, 0.717) is 35.2 Å². The van der Waals surface area contributed by atoms with Crippen LogP contribution in [-0.2, 0) is 32.1 Å². The second-order valence-electron chi connectivity index (χ2n) is 12.9. The molecule has 4 heterocycles. The van der Waals surface area contributed by atoms with Crippen LogP contribution in [0.1, 0.15) is 94.6 Å². The first-order valence-corrected chi connectivity index (χ1v) is 16.5. The van der Waals surface area contributed by atoms with Gasteiger partial charge in [0.1, 0.15) is 0 Å². The molecule has 3 unspecified atom stereocenters. The van der Waals surface area contributed by atoms with Gasteiger partial charge in [0, 0.05) is 55.4 Å². The molecule has 0 spiro atoms. The Labute approximate surface area is 298 Å². The molecular weight excluding hydrogens is 715 g/mol. The maximum atomic E-state index is 15.5. The number of aromatic nitrogens is 6. The van der Waals surface area contributed by atoms with Gasteiger partial charge in [-0.1, -0.05) is 25.0 Å². The molecule has 8 nitrogen and oxygen atoms in total. The standard InChI is InChI=1S/C36H33F9N8/c1-20(23-6-11-46-12-7-23)27-18-28-29(5-4-10-48-32(28)30(31(27)36(43,44)45)21(2)24-8-13-47-14-9-24)53(33-49-51-52(3)50-33)19-22-15-25(34(37,38)39)17-26(16-22)35(40,41)42/h6-9,11-18,20-21,29,48H,4-5,10,19H2,1-3H3. The van der Waals surface area contributed by atoms with E-state index in [4.69, 9.17) is 0 Å². The van der Waals surface area contributed by atoms with Gasteiger partial charge >= 0.3 is 18.5 Å². The first-order chi connectivity index (χ1) is 24.9. The van der Waals surface area contributed by atoms with Gasteiger partial charge in [0.25, 0.3) is 5.95 Å². The van der Waals surface area contributed by atoms with Gasteiger partial charge in [-0.2, -0.15) is 44.3 Å². The van der Waals surface area contributed by atoms with E-state index >= 15 is 13.2 Å². The molecule has 1 N–H and O–H groups in total. The molecule has 3 atom stereocenters. The molecule has 0 amide bonds.